The van der Waals surface area contributed by atoms with Gasteiger partial charge in [0.25, 0.3) is 5.91 Å². The number of halogens is 2. The summed E-state index contributed by atoms with van der Waals surface area (Å²) in [5, 5.41) is 10.5. The summed E-state index contributed by atoms with van der Waals surface area (Å²) in [5.74, 6) is -2.01. The summed E-state index contributed by atoms with van der Waals surface area (Å²) in [6.07, 6.45) is -1.61. The van der Waals surface area contributed by atoms with Crippen LogP contribution in [-0.4, -0.2) is 52.9 Å². The number of hydrogen-bond donors (Lipinski definition) is 1. The van der Waals surface area contributed by atoms with Crippen molar-refractivity contribution in [3.05, 3.63) is 69.7 Å². The van der Waals surface area contributed by atoms with Crippen LogP contribution >= 0.6 is 23.2 Å². The molecule has 3 unspecified atom stereocenters. The van der Waals surface area contributed by atoms with E-state index in [1.807, 2.05) is 6.92 Å². The molecule has 1 fully saturated rings. The van der Waals surface area contributed by atoms with Gasteiger partial charge in [-0.05, 0) is 62.6 Å². The molecule has 2 aromatic carbocycles. The maximum absolute atomic E-state index is 13.9. The summed E-state index contributed by atoms with van der Waals surface area (Å²) in [4.78, 5) is 27.1. The molecule has 1 saturated heterocycles. The first kappa shape index (κ1) is 29.4. The average Bonchev–Trinajstić information content (AvgIpc) is 2.79. The van der Waals surface area contributed by atoms with E-state index in [1.165, 1.54) is 0 Å². The second kappa shape index (κ2) is 11.7. The second-order valence-electron chi connectivity index (χ2n) is 10.3. The normalized spacial score (nSPS) is 21.6. The predicted molar refractivity (Wildman–Crippen MR) is 145 cm³/mol. The number of amides is 1. The molecule has 202 valence electrons. The Morgan fingerprint density at radius 2 is 1.73 bits per heavy atom. The first-order valence-electron chi connectivity index (χ1n) is 12.2. The number of carbonyl (C=O) groups is 2. The Labute approximate surface area is 228 Å². The number of carboxylic acids is 1. The van der Waals surface area contributed by atoms with Crippen molar-refractivity contribution < 1.29 is 27.9 Å². The summed E-state index contributed by atoms with van der Waals surface area (Å²) < 4.78 is 31.8. The SMILES string of the molecule is CCCC(CS(=O)(=O)C(C)(C)C)N1C(=O)[C@@H](CC(=O)O)OC(c2cccc(Cl)c2)C1c1ccc(Cl)cc1. The van der Waals surface area contributed by atoms with Crippen LogP contribution in [0.5, 0.6) is 0 Å². The van der Waals surface area contributed by atoms with Crippen molar-refractivity contribution in [1.82, 2.24) is 4.90 Å². The van der Waals surface area contributed by atoms with Crippen LogP contribution < -0.4 is 0 Å². The minimum Gasteiger partial charge on any atom is -0.481 e. The Morgan fingerprint density at radius 1 is 1.08 bits per heavy atom. The van der Waals surface area contributed by atoms with E-state index in [0.29, 0.717) is 34.0 Å². The quantitative estimate of drug-likeness (QED) is 0.405. The van der Waals surface area contributed by atoms with E-state index in [4.69, 9.17) is 27.9 Å². The molecule has 4 atom stereocenters. The third kappa shape index (κ3) is 6.85. The number of nitrogens with zero attached hydrogens (tertiary/aromatic N) is 1. The first-order valence-corrected chi connectivity index (χ1v) is 14.6. The van der Waals surface area contributed by atoms with Crippen LogP contribution in [0.3, 0.4) is 0 Å². The fourth-order valence-electron chi connectivity index (χ4n) is 4.54. The van der Waals surface area contributed by atoms with Crippen LogP contribution in [0.15, 0.2) is 48.5 Å². The lowest BCUT2D eigenvalue weighted by atomic mass is 9.89. The van der Waals surface area contributed by atoms with E-state index >= 15 is 0 Å². The van der Waals surface area contributed by atoms with Crippen LogP contribution in [-0.2, 0) is 24.2 Å². The number of carbonyl (C=O) groups excluding carboxylic acids is 1. The second-order valence-corrected chi connectivity index (χ2v) is 13.9. The molecule has 0 aliphatic carbocycles. The number of sulfone groups is 1. The van der Waals surface area contributed by atoms with E-state index in [9.17, 15) is 23.1 Å². The predicted octanol–water partition coefficient (Wildman–Crippen LogP) is 5.86. The number of ether oxygens (including phenoxy) is 1. The fraction of sp³-hybridized carbons (Fsp3) is 0.481. The molecule has 0 spiro atoms. The van der Waals surface area contributed by atoms with E-state index < -0.39 is 57.2 Å². The van der Waals surface area contributed by atoms with Gasteiger partial charge in [-0.2, -0.15) is 0 Å². The van der Waals surface area contributed by atoms with Gasteiger partial charge in [-0.15, -0.1) is 0 Å². The molecule has 10 heteroatoms. The summed E-state index contributed by atoms with van der Waals surface area (Å²) in [5.41, 5.74) is 1.33. The highest BCUT2D eigenvalue weighted by atomic mass is 35.5. The first-order chi connectivity index (χ1) is 17.2. The Kier molecular flexibility index (Phi) is 9.32. The van der Waals surface area contributed by atoms with Gasteiger partial charge in [-0.1, -0.05) is 60.8 Å². The fourth-order valence-corrected chi connectivity index (χ4v) is 6.20. The summed E-state index contributed by atoms with van der Waals surface area (Å²) in [7, 11) is -3.63. The molecule has 0 radical (unpaired) electrons. The van der Waals surface area contributed by atoms with Gasteiger partial charge in [0, 0.05) is 16.1 Å². The highest BCUT2D eigenvalue weighted by Gasteiger charge is 2.48. The molecular weight excluding hydrogens is 537 g/mol. The maximum Gasteiger partial charge on any atom is 0.306 e. The summed E-state index contributed by atoms with van der Waals surface area (Å²) >= 11 is 12.4. The van der Waals surface area contributed by atoms with Crippen LogP contribution in [0.1, 0.15) is 70.2 Å². The largest absolute Gasteiger partial charge is 0.481 e. The Morgan fingerprint density at radius 3 is 2.27 bits per heavy atom. The van der Waals surface area contributed by atoms with Gasteiger partial charge in [0.2, 0.25) is 0 Å². The summed E-state index contributed by atoms with van der Waals surface area (Å²) in [6, 6.07) is 12.5. The average molecular weight is 571 g/mol. The molecule has 2 aromatic rings. The molecule has 1 aliphatic heterocycles. The summed E-state index contributed by atoms with van der Waals surface area (Å²) in [6.45, 7) is 6.81. The Balaban J connectivity index is 2.24. The topological polar surface area (TPSA) is 101 Å². The van der Waals surface area contributed by atoms with Crippen LogP contribution in [0, 0.1) is 0 Å². The molecule has 3 rings (SSSR count). The van der Waals surface area contributed by atoms with Gasteiger partial charge in [0.05, 0.1) is 23.0 Å². The zero-order valence-electron chi connectivity index (χ0n) is 21.4. The molecule has 1 amide bonds. The van der Waals surface area contributed by atoms with Crippen molar-refractivity contribution >= 4 is 44.9 Å². The van der Waals surface area contributed by atoms with Crippen LogP contribution in [0.4, 0.5) is 0 Å². The van der Waals surface area contributed by atoms with E-state index in [-0.39, 0.29) is 5.75 Å². The molecule has 1 N–H and O–H groups in total. The van der Waals surface area contributed by atoms with Gasteiger partial charge >= 0.3 is 5.97 Å². The molecule has 1 heterocycles. The molecule has 37 heavy (non-hydrogen) atoms. The monoisotopic (exact) mass is 569 g/mol. The van der Waals surface area contributed by atoms with E-state index in [2.05, 4.69) is 0 Å². The van der Waals surface area contributed by atoms with Crippen molar-refractivity contribution in [1.29, 1.82) is 0 Å². The molecular formula is C27H33Cl2NO6S. The highest BCUT2D eigenvalue weighted by molar-refractivity contribution is 7.92. The van der Waals surface area contributed by atoms with Gasteiger partial charge in [0.1, 0.15) is 12.2 Å². The van der Waals surface area contributed by atoms with Crippen molar-refractivity contribution in [2.45, 2.75) is 76.0 Å². The van der Waals surface area contributed by atoms with Gasteiger partial charge < -0.3 is 14.7 Å². The zero-order valence-corrected chi connectivity index (χ0v) is 23.7. The molecule has 7 nitrogen and oxygen atoms in total. The van der Waals surface area contributed by atoms with Gasteiger partial charge in [0.15, 0.2) is 9.84 Å². The van der Waals surface area contributed by atoms with Crippen molar-refractivity contribution in [3.63, 3.8) is 0 Å². The number of hydrogen-bond acceptors (Lipinski definition) is 5. The Bertz CT molecular complexity index is 1230. The standard InChI is InChI=1S/C27H33Cl2NO6S/c1-5-7-21(16-37(34,35)27(2,3)4)30-24(17-10-12-19(28)13-11-17)25(18-8-6-9-20(29)14-18)36-22(26(30)33)15-23(31)32/h6,8-14,21-22,24-25H,5,7,15-16H2,1-4H3,(H,31,32)/t21?,22-,24?,25?/m1/s1. The molecule has 0 saturated carbocycles. The zero-order chi connectivity index (χ0) is 27.5. The number of rotatable bonds is 9. The maximum atomic E-state index is 13.9. The lowest BCUT2D eigenvalue weighted by molar-refractivity contribution is -0.182. The third-order valence-corrected chi connectivity index (χ3v) is 9.71. The van der Waals surface area contributed by atoms with Gasteiger partial charge in [-0.3, -0.25) is 9.59 Å². The molecule has 0 bridgehead atoms. The lowest BCUT2D eigenvalue weighted by Crippen LogP contribution is -2.57. The number of morpholine rings is 1. The van der Waals surface area contributed by atoms with Crippen LogP contribution in [0.2, 0.25) is 10.0 Å². The number of aliphatic carboxylic acids is 1. The highest BCUT2D eigenvalue weighted by Crippen LogP contribution is 2.45. The molecule has 1 aliphatic rings. The Hall–Kier alpha value is -2.13. The lowest BCUT2D eigenvalue weighted by Gasteiger charge is -2.48. The van der Waals surface area contributed by atoms with Crippen molar-refractivity contribution in [2.75, 3.05) is 5.75 Å². The van der Waals surface area contributed by atoms with Crippen molar-refractivity contribution in [2.24, 2.45) is 0 Å². The smallest absolute Gasteiger partial charge is 0.306 e. The minimum absolute atomic E-state index is 0.262. The van der Waals surface area contributed by atoms with E-state index in [0.717, 1.165) is 0 Å². The van der Waals surface area contributed by atoms with Crippen LogP contribution in [0.25, 0.3) is 0 Å². The number of benzene rings is 2. The molecule has 0 aromatic heterocycles. The number of carboxylic acid groups (broad SMARTS) is 1. The van der Waals surface area contributed by atoms with E-state index in [1.54, 1.807) is 74.2 Å². The minimum atomic E-state index is -3.63. The van der Waals surface area contributed by atoms with Gasteiger partial charge in [-0.25, -0.2) is 8.42 Å². The third-order valence-electron chi connectivity index (χ3n) is 6.54. The van der Waals surface area contributed by atoms with Crippen molar-refractivity contribution in [3.8, 4) is 0 Å².